The monoisotopic (exact) mass is 264 g/mol. The van der Waals surface area contributed by atoms with E-state index in [9.17, 15) is 4.79 Å². The number of hydrogen-bond acceptors (Lipinski definition) is 4. The van der Waals surface area contributed by atoms with Gasteiger partial charge in [0.05, 0.1) is 5.69 Å². The zero-order chi connectivity index (χ0) is 13.3. The molecule has 18 heavy (non-hydrogen) atoms. The molecule has 0 radical (unpaired) electrons. The highest BCUT2D eigenvalue weighted by molar-refractivity contribution is 7.80. The Morgan fingerprint density at radius 2 is 2.33 bits per heavy atom. The van der Waals surface area contributed by atoms with Crippen molar-refractivity contribution in [2.24, 2.45) is 5.73 Å². The van der Waals surface area contributed by atoms with Crippen LogP contribution in [0.15, 0.2) is 12.3 Å². The molecule has 0 saturated heterocycles. The van der Waals surface area contributed by atoms with Gasteiger partial charge in [0, 0.05) is 19.5 Å². The molecule has 0 aliphatic heterocycles. The van der Waals surface area contributed by atoms with Crippen molar-refractivity contribution in [3.05, 3.63) is 29.1 Å². The standard InChI is InChI=1S/C13H16N2O2S/c1-8-6-10-4-3-5-13(12(14)18,17-9(2)16)11(10)15-7-8/h6-7H,3-5H2,1-2H3,(H2,14,18). The highest BCUT2D eigenvalue weighted by Gasteiger charge is 2.44. The van der Waals surface area contributed by atoms with E-state index in [1.807, 2.05) is 6.92 Å². The Kier molecular flexibility index (Phi) is 3.34. The van der Waals surface area contributed by atoms with E-state index in [4.69, 9.17) is 22.7 Å². The number of thiocarbonyl (C=S) groups is 1. The Hall–Kier alpha value is -1.49. The number of ether oxygens (including phenoxy) is 1. The van der Waals surface area contributed by atoms with Crippen molar-refractivity contribution in [3.63, 3.8) is 0 Å². The highest BCUT2D eigenvalue weighted by atomic mass is 32.1. The number of esters is 1. The lowest BCUT2D eigenvalue weighted by Gasteiger charge is -2.36. The van der Waals surface area contributed by atoms with Crippen LogP contribution in [0, 0.1) is 6.92 Å². The summed E-state index contributed by atoms with van der Waals surface area (Å²) < 4.78 is 5.44. The molecule has 1 atom stereocenters. The molecule has 1 aliphatic rings. The largest absolute Gasteiger partial charge is 0.445 e. The predicted molar refractivity (Wildman–Crippen MR) is 72.1 cm³/mol. The third-order valence-electron chi connectivity index (χ3n) is 3.18. The minimum Gasteiger partial charge on any atom is -0.445 e. The zero-order valence-electron chi connectivity index (χ0n) is 10.5. The Morgan fingerprint density at radius 1 is 1.61 bits per heavy atom. The number of carbonyl (C=O) groups is 1. The van der Waals surface area contributed by atoms with Gasteiger partial charge in [0.15, 0.2) is 0 Å². The minimum atomic E-state index is -1.03. The van der Waals surface area contributed by atoms with E-state index in [0.29, 0.717) is 12.1 Å². The summed E-state index contributed by atoms with van der Waals surface area (Å²) in [5.74, 6) is -0.391. The SMILES string of the molecule is CC(=O)OC1(C(N)=S)CCCc2cc(C)cnc21. The fourth-order valence-electron chi connectivity index (χ4n) is 2.47. The van der Waals surface area contributed by atoms with Gasteiger partial charge < -0.3 is 10.5 Å². The third kappa shape index (κ3) is 2.10. The maximum atomic E-state index is 11.3. The van der Waals surface area contributed by atoms with Gasteiger partial charge in [0.25, 0.3) is 0 Å². The van der Waals surface area contributed by atoms with E-state index in [2.05, 4.69) is 11.1 Å². The Morgan fingerprint density at radius 3 is 2.94 bits per heavy atom. The zero-order valence-corrected chi connectivity index (χ0v) is 11.3. The summed E-state index contributed by atoms with van der Waals surface area (Å²) in [6, 6.07) is 2.05. The van der Waals surface area contributed by atoms with Crippen molar-refractivity contribution < 1.29 is 9.53 Å². The number of aryl methyl sites for hydroxylation is 2. The molecule has 2 N–H and O–H groups in total. The van der Waals surface area contributed by atoms with Crippen LogP contribution < -0.4 is 5.73 Å². The number of fused-ring (bicyclic) bond motifs is 1. The summed E-state index contributed by atoms with van der Waals surface area (Å²) in [6.45, 7) is 3.35. The van der Waals surface area contributed by atoms with Gasteiger partial charge in [-0.05, 0) is 30.9 Å². The normalized spacial score (nSPS) is 22.1. The number of pyridine rings is 1. The molecule has 96 valence electrons. The molecule has 5 heteroatoms. The summed E-state index contributed by atoms with van der Waals surface area (Å²) in [7, 11) is 0. The van der Waals surface area contributed by atoms with E-state index in [0.717, 1.165) is 24.0 Å². The van der Waals surface area contributed by atoms with Crippen LogP contribution in [0.5, 0.6) is 0 Å². The average molecular weight is 264 g/mol. The summed E-state index contributed by atoms with van der Waals surface area (Å²) in [4.78, 5) is 15.9. The topological polar surface area (TPSA) is 65.2 Å². The molecule has 2 rings (SSSR count). The van der Waals surface area contributed by atoms with Gasteiger partial charge in [0.1, 0.15) is 4.99 Å². The number of nitrogens with two attached hydrogens (primary N) is 1. The van der Waals surface area contributed by atoms with Crippen molar-refractivity contribution in [1.29, 1.82) is 0 Å². The van der Waals surface area contributed by atoms with Crippen molar-refractivity contribution >= 4 is 23.2 Å². The molecule has 0 aromatic carbocycles. The van der Waals surface area contributed by atoms with Crippen LogP contribution in [0.4, 0.5) is 0 Å². The molecule has 4 nitrogen and oxygen atoms in total. The van der Waals surface area contributed by atoms with Crippen LogP contribution in [0.2, 0.25) is 0 Å². The fraction of sp³-hybridized carbons (Fsp3) is 0.462. The Labute approximate surface area is 112 Å². The smallest absolute Gasteiger partial charge is 0.304 e. The first-order chi connectivity index (χ1) is 8.45. The molecule has 0 fully saturated rings. The number of nitrogens with zero attached hydrogens (tertiary/aromatic N) is 1. The van der Waals surface area contributed by atoms with Crippen LogP contribution in [0.3, 0.4) is 0 Å². The van der Waals surface area contributed by atoms with Crippen molar-refractivity contribution in [2.45, 2.75) is 38.7 Å². The van der Waals surface area contributed by atoms with Crippen molar-refractivity contribution in [3.8, 4) is 0 Å². The van der Waals surface area contributed by atoms with Gasteiger partial charge in [-0.25, -0.2) is 0 Å². The van der Waals surface area contributed by atoms with Gasteiger partial charge in [-0.1, -0.05) is 18.3 Å². The summed E-state index contributed by atoms with van der Waals surface area (Å²) in [5, 5.41) is 0. The molecule has 1 aromatic rings. The van der Waals surface area contributed by atoms with Crippen LogP contribution in [-0.4, -0.2) is 15.9 Å². The lowest BCUT2D eigenvalue weighted by molar-refractivity contribution is -0.152. The second-order valence-corrected chi connectivity index (χ2v) is 5.10. The third-order valence-corrected chi connectivity index (χ3v) is 3.51. The minimum absolute atomic E-state index is 0.176. The summed E-state index contributed by atoms with van der Waals surface area (Å²) in [6.07, 6.45) is 4.14. The van der Waals surface area contributed by atoms with E-state index in [1.54, 1.807) is 6.20 Å². The summed E-state index contributed by atoms with van der Waals surface area (Å²) in [5.41, 5.74) is 7.63. The molecule has 0 amide bonds. The molecule has 1 aromatic heterocycles. The molecule has 1 aliphatic carbocycles. The van der Waals surface area contributed by atoms with Crippen LogP contribution >= 0.6 is 12.2 Å². The Balaban J connectivity index is 2.57. The summed E-state index contributed by atoms with van der Waals surface area (Å²) >= 11 is 5.12. The van der Waals surface area contributed by atoms with Gasteiger partial charge in [-0.15, -0.1) is 0 Å². The van der Waals surface area contributed by atoms with Gasteiger partial charge in [-0.3, -0.25) is 9.78 Å². The quantitative estimate of drug-likeness (QED) is 0.651. The molecule has 0 spiro atoms. The molecular weight excluding hydrogens is 248 g/mol. The molecule has 1 unspecified atom stereocenters. The van der Waals surface area contributed by atoms with Crippen LogP contribution in [-0.2, 0) is 21.6 Å². The average Bonchev–Trinajstić information content (AvgIpc) is 2.27. The van der Waals surface area contributed by atoms with Gasteiger partial charge in [-0.2, -0.15) is 0 Å². The van der Waals surface area contributed by atoms with Gasteiger partial charge in [0.2, 0.25) is 5.60 Å². The van der Waals surface area contributed by atoms with Gasteiger partial charge >= 0.3 is 5.97 Å². The fourth-order valence-corrected chi connectivity index (χ4v) is 2.71. The first-order valence-electron chi connectivity index (χ1n) is 5.91. The lowest BCUT2D eigenvalue weighted by Crippen LogP contribution is -2.46. The van der Waals surface area contributed by atoms with E-state index < -0.39 is 11.6 Å². The maximum absolute atomic E-state index is 11.3. The van der Waals surface area contributed by atoms with Crippen LogP contribution in [0.1, 0.15) is 36.6 Å². The number of aromatic nitrogens is 1. The van der Waals surface area contributed by atoms with E-state index in [1.165, 1.54) is 6.92 Å². The van der Waals surface area contributed by atoms with E-state index >= 15 is 0 Å². The number of rotatable bonds is 2. The number of carbonyl (C=O) groups excluding carboxylic acids is 1. The lowest BCUT2D eigenvalue weighted by atomic mass is 9.82. The molecular formula is C13H16N2O2S. The first-order valence-corrected chi connectivity index (χ1v) is 6.32. The Bertz CT molecular complexity index is 516. The first kappa shape index (κ1) is 13.0. The number of hydrogen-bond donors (Lipinski definition) is 1. The second-order valence-electron chi connectivity index (χ2n) is 4.66. The van der Waals surface area contributed by atoms with Crippen molar-refractivity contribution in [2.75, 3.05) is 0 Å². The molecule has 0 bridgehead atoms. The highest BCUT2D eigenvalue weighted by Crippen LogP contribution is 2.38. The predicted octanol–water partition coefficient (Wildman–Crippen LogP) is 1.77. The second kappa shape index (κ2) is 4.65. The van der Waals surface area contributed by atoms with Crippen molar-refractivity contribution in [1.82, 2.24) is 4.98 Å². The van der Waals surface area contributed by atoms with E-state index in [-0.39, 0.29) is 4.99 Å². The molecule has 1 heterocycles. The van der Waals surface area contributed by atoms with Crippen LogP contribution in [0.25, 0.3) is 0 Å². The maximum Gasteiger partial charge on any atom is 0.304 e. The molecule has 0 saturated carbocycles.